The molecular weight excluding hydrogens is 236 g/mol. The predicted molar refractivity (Wildman–Crippen MR) is 66.8 cm³/mol. The van der Waals surface area contributed by atoms with Crippen molar-refractivity contribution in [2.45, 2.75) is 25.4 Å². The van der Waals surface area contributed by atoms with Crippen molar-refractivity contribution in [1.82, 2.24) is 14.8 Å². The van der Waals surface area contributed by atoms with Crippen molar-refractivity contribution in [1.29, 1.82) is 0 Å². The van der Waals surface area contributed by atoms with Gasteiger partial charge < -0.3 is 5.73 Å². The van der Waals surface area contributed by atoms with Gasteiger partial charge in [0.1, 0.15) is 5.82 Å². The van der Waals surface area contributed by atoms with Crippen LogP contribution in [0.2, 0.25) is 5.02 Å². The Morgan fingerprint density at radius 1 is 1.41 bits per heavy atom. The predicted octanol–water partition coefficient (Wildman–Crippen LogP) is 1.87. The van der Waals surface area contributed by atoms with Crippen molar-refractivity contribution in [3.63, 3.8) is 0 Å². The number of halogens is 1. The summed E-state index contributed by atoms with van der Waals surface area (Å²) in [6.07, 6.45) is 1.88. The summed E-state index contributed by atoms with van der Waals surface area (Å²) >= 11 is 5.96. The minimum atomic E-state index is 0.191. The molecule has 17 heavy (non-hydrogen) atoms. The van der Waals surface area contributed by atoms with E-state index in [9.17, 15) is 0 Å². The molecule has 0 aliphatic carbocycles. The summed E-state index contributed by atoms with van der Waals surface area (Å²) in [5.74, 6) is 1.75. The van der Waals surface area contributed by atoms with Crippen LogP contribution < -0.4 is 5.73 Å². The highest BCUT2D eigenvalue weighted by atomic mass is 35.5. The van der Waals surface area contributed by atoms with Crippen molar-refractivity contribution in [2.75, 3.05) is 0 Å². The number of hydrogen-bond acceptors (Lipinski definition) is 3. The second-order valence-corrected chi connectivity index (χ2v) is 4.78. The minimum absolute atomic E-state index is 0.191. The van der Waals surface area contributed by atoms with E-state index < -0.39 is 0 Å². The summed E-state index contributed by atoms with van der Waals surface area (Å²) in [6.45, 7) is 0.753. The average molecular weight is 249 g/mol. The molecule has 1 aliphatic rings. The fraction of sp³-hybridized carbons (Fsp3) is 0.333. The van der Waals surface area contributed by atoms with E-state index in [0.29, 0.717) is 5.02 Å². The number of aryl methyl sites for hydroxylation is 1. The molecule has 0 radical (unpaired) electrons. The molecule has 0 saturated heterocycles. The molecule has 0 bridgehead atoms. The molecule has 1 atom stereocenters. The quantitative estimate of drug-likeness (QED) is 0.838. The lowest BCUT2D eigenvalue weighted by Crippen LogP contribution is -2.32. The zero-order valence-corrected chi connectivity index (χ0v) is 10.1. The first-order valence-corrected chi connectivity index (χ1v) is 6.05. The van der Waals surface area contributed by atoms with E-state index in [1.54, 1.807) is 0 Å². The first-order chi connectivity index (χ1) is 8.22. The lowest BCUT2D eigenvalue weighted by molar-refractivity contribution is 0.422. The first-order valence-electron chi connectivity index (χ1n) is 5.67. The molecule has 2 aromatic rings. The molecule has 1 aliphatic heterocycles. The van der Waals surface area contributed by atoms with E-state index >= 15 is 0 Å². The Morgan fingerprint density at radius 3 is 3.12 bits per heavy atom. The lowest BCUT2D eigenvalue weighted by Gasteiger charge is -2.17. The van der Waals surface area contributed by atoms with E-state index in [2.05, 4.69) is 10.1 Å². The third-order valence-corrected chi connectivity index (χ3v) is 3.21. The molecule has 0 amide bonds. The van der Waals surface area contributed by atoms with E-state index in [4.69, 9.17) is 17.3 Å². The second kappa shape index (κ2) is 4.13. The average Bonchev–Trinajstić information content (AvgIpc) is 2.72. The lowest BCUT2D eigenvalue weighted by atomic mass is 10.1. The van der Waals surface area contributed by atoms with Crippen LogP contribution in [0.4, 0.5) is 0 Å². The Kier molecular flexibility index (Phi) is 2.61. The molecule has 3 rings (SSSR count). The molecule has 88 valence electrons. The normalized spacial score (nSPS) is 19.1. The van der Waals surface area contributed by atoms with E-state index in [1.807, 2.05) is 28.9 Å². The second-order valence-electron chi connectivity index (χ2n) is 4.34. The number of rotatable bonds is 1. The number of aromatic nitrogens is 3. The highest BCUT2D eigenvalue weighted by molar-refractivity contribution is 6.30. The molecule has 2 heterocycles. The maximum Gasteiger partial charge on any atom is 0.181 e. The van der Waals surface area contributed by atoms with Gasteiger partial charge in [0.2, 0.25) is 0 Å². The van der Waals surface area contributed by atoms with Gasteiger partial charge in [0.25, 0.3) is 0 Å². The van der Waals surface area contributed by atoms with Gasteiger partial charge in [-0.25, -0.2) is 9.67 Å². The summed E-state index contributed by atoms with van der Waals surface area (Å²) in [7, 11) is 0. The maximum absolute atomic E-state index is 5.96. The molecule has 0 fully saturated rings. The highest BCUT2D eigenvalue weighted by Gasteiger charge is 2.19. The van der Waals surface area contributed by atoms with Gasteiger partial charge in [0, 0.05) is 23.0 Å². The van der Waals surface area contributed by atoms with Gasteiger partial charge in [-0.1, -0.05) is 23.7 Å². The molecule has 0 spiro atoms. The molecule has 0 saturated carbocycles. The Morgan fingerprint density at radius 2 is 2.29 bits per heavy atom. The van der Waals surface area contributed by atoms with Crippen LogP contribution in [0.15, 0.2) is 24.3 Å². The number of nitrogens with zero attached hydrogens (tertiary/aromatic N) is 3. The molecular formula is C12H13ClN4. The summed E-state index contributed by atoms with van der Waals surface area (Å²) in [5.41, 5.74) is 6.86. The number of benzene rings is 1. The zero-order chi connectivity index (χ0) is 11.8. The van der Waals surface area contributed by atoms with Crippen molar-refractivity contribution in [2.24, 2.45) is 5.73 Å². The van der Waals surface area contributed by atoms with Crippen LogP contribution in [-0.2, 0) is 13.0 Å². The van der Waals surface area contributed by atoms with Crippen molar-refractivity contribution in [3.05, 3.63) is 35.1 Å². The topological polar surface area (TPSA) is 56.7 Å². The molecule has 1 aromatic heterocycles. The standard InChI is InChI=1S/C12H13ClN4/c13-9-3-1-2-8(6-9)12-15-11-5-4-10(14)7-17(11)16-12/h1-3,6,10H,4-5,7,14H2. The van der Waals surface area contributed by atoms with Crippen molar-refractivity contribution < 1.29 is 0 Å². The summed E-state index contributed by atoms with van der Waals surface area (Å²) < 4.78 is 1.91. The zero-order valence-electron chi connectivity index (χ0n) is 9.31. The van der Waals surface area contributed by atoms with Gasteiger partial charge in [-0.3, -0.25) is 0 Å². The Bertz CT molecular complexity index is 549. The van der Waals surface area contributed by atoms with Gasteiger partial charge >= 0.3 is 0 Å². The van der Waals surface area contributed by atoms with Crippen LogP contribution in [0.1, 0.15) is 12.2 Å². The van der Waals surface area contributed by atoms with Gasteiger partial charge in [-0.15, -0.1) is 0 Å². The largest absolute Gasteiger partial charge is 0.326 e. The number of hydrogen-bond donors (Lipinski definition) is 1. The van der Waals surface area contributed by atoms with E-state index in [1.165, 1.54) is 0 Å². The monoisotopic (exact) mass is 248 g/mol. The minimum Gasteiger partial charge on any atom is -0.326 e. The third-order valence-electron chi connectivity index (χ3n) is 2.98. The summed E-state index contributed by atoms with van der Waals surface area (Å²) in [5, 5.41) is 5.18. The van der Waals surface area contributed by atoms with Crippen LogP contribution in [0.5, 0.6) is 0 Å². The molecule has 4 nitrogen and oxygen atoms in total. The SMILES string of the molecule is NC1CCc2nc(-c3cccc(Cl)c3)nn2C1. The Hall–Kier alpha value is -1.39. The van der Waals surface area contributed by atoms with Crippen LogP contribution in [0.3, 0.4) is 0 Å². The molecule has 1 unspecified atom stereocenters. The molecule has 2 N–H and O–H groups in total. The first kappa shape index (κ1) is 10.7. The van der Waals surface area contributed by atoms with Gasteiger partial charge in [0.05, 0.1) is 6.54 Å². The Labute approximate surface area is 104 Å². The number of fused-ring (bicyclic) bond motifs is 1. The molecule has 5 heteroatoms. The fourth-order valence-electron chi connectivity index (χ4n) is 2.08. The van der Waals surface area contributed by atoms with Gasteiger partial charge in [-0.2, -0.15) is 5.10 Å². The highest BCUT2D eigenvalue weighted by Crippen LogP contribution is 2.21. The van der Waals surface area contributed by atoms with Crippen LogP contribution in [0, 0.1) is 0 Å². The van der Waals surface area contributed by atoms with E-state index in [0.717, 1.165) is 36.6 Å². The van der Waals surface area contributed by atoms with Crippen LogP contribution in [0.25, 0.3) is 11.4 Å². The van der Waals surface area contributed by atoms with Crippen LogP contribution >= 0.6 is 11.6 Å². The third kappa shape index (κ3) is 2.06. The van der Waals surface area contributed by atoms with Gasteiger partial charge in [0.15, 0.2) is 5.82 Å². The summed E-state index contributed by atoms with van der Waals surface area (Å²) in [4.78, 5) is 4.53. The van der Waals surface area contributed by atoms with Gasteiger partial charge in [-0.05, 0) is 18.6 Å². The van der Waals surface area contributed by atoms with Crippen molar-refractivity contribution >= 4 is 11.6 Å². The molecule has 1 aromatic carbocycles. The summed E-state index contributed by atoms with van der Waals surface area (Å²) in [6, 6.07) is 7.78. The van der Waals surface area contributed by atoms with Crippen LogP contribution in [-0.4, -0.2) is 20.8 Å². The van der Waals surface area contributed by atoms with E-state index in [-0.39, 0.29) is 6.04 Å². The Balaban J connectivity index is 2.00. The maximum atomic E-state index is 5.96. The van der Waals surface area contributed by atoms with Crippen molar-refractivity contribution in [3.8, 4) is 11.4 Å². The fourth-order valence-corrected chi connectivity index (χ4v) is 2.27. The smallest absolute Gasteiger partial charge is 0.181 e. The number of nitrogens with two attached hydrogens (primary N) is 1.